The molecule has 4 nitrogen and oxygen atoms in total. The monoisotopic (exact) mass is 275 g/mol. The first-order valence-electron chi connectivity index (χ1n) is 6.63. The molecular formula is C14H17N3OS. The van der Waals surface area contributed by atoms with E-state index in [1.807, 2.05) is 30.8 Å². The first-order chi connectivity index (χ1) is 9.28. The summed E-state index contributed by atoms with van der Waals surface area (Å²) in [5.41, 5.74) is 1.88. The van der Waals surface area contributed by atoms with Gasteiger partial charge in [-0.1, -0.05) is 6.92 Å². The van der Waals surface area contributed by atoms with Gasteiger partial charge in [-0.05, 0) is 18.2 Å². The zero-order chi connectivity index (χ0) is 13.2. The SMILES string of the molecule is CCc1nc2ccc(N3CCSCC3)cc2c(=O)[nH]1. The molecule has 1 saturated heterocycles. The minimum atomic E-state index is -0.0323. The number of aromatic nitrogens is 2. The van der Waals surface area contributed by atoms with Gasteiger partial charge in [0.15, 0.2) is 0 Å². The smallest absolute Gasteiger partial charge is 0.258 e. The Balaban J connectivity index is 2.05. The fraction of sp³-hybridized carbons (Fsp3) is 0.429. The number of anilines is 1. The Morgan fingerprint density at radius 1 is 1.37 bits per heavy atom. The number of nitrogens with zero attached hydrogens (tertiary/aromatic N) is 2. The van der Waals surface area contributed by atoms with Crippen LogP contribution >= 0.6 is 11.8 Å². The zero-order valence-corrected chi connectivity index (χ0v) is 11.8. The Morgan fingerprint density at radius 2 is 2.16 bits per heavy atom. The lowest BCUT2D eigenvalue weighted by Gasteiger charge is -2.28. The second kappa shape index (κ2) is 5.25. The Hall–Kier alpha value is -1.49. The van der Waals surface area contributed by atoms with Gasteiger partial charge in [0.25, 0.3) is 5.56 Å². The van der Waals surface area contributed by atoms with Crippen LogP contribution in [0.4, 0.5) is 5.69 Å². The molecule has 1 fully saturated rings. The van der Waals surface area contributed by atoms with Crippen molar-refractivity contribution in [3.05, 3.63) is 34.4 Å². The van der Waals surface area contributed by atoms with Crippen LogP contribution in [0.2, 0.25) is 0 Å². The van der Waals surface area contributed by atoms with Gasteiger partial charge in [-0.25, -0.2) is 4.98 Å². The van der Waals surface area contributed by atoms with Gasteiger partial charge in [0.05, 0.1) is 10.9 Å². The molecule has 0 atom stereocenters. The second-order valence-corrected chi connectivity index (χ2v) is 5.89. The first kappa shape index (κ1) is 12.5. The maximum atomic E-state index is 12.1. The molecule has 2 heterocycles. The maximum absolute atomic E-state index is 12.1. The third-order valence-electron chi connectivity index (χ3n) is 3.45. The molecule has 1 N–H and O–H groups in total. The minimum absolute atomic E-state index is 0.0323. The van der Waals surface area contributed by atoms with Crippen molar-refractivity contribution in [1.29, 1.82) is 0 Å². The summed E-state index contributed by atoms with van der Waals surface area (Å²) in [4.78, 5) is 21.7. The highest BCUT2D eigenvalue weighted by Gasteiger charge is 2.12. The largest absolute Gasteiger partial charge is 0.370 e. The molecule has 0 saturated carbocycles. The topological polar surface area (TPSA) is 49.0 Å². The van der Waals surface area contributed by atoms with Gasteiger partial charge in [-0.2, -0.15) is 11.8 Å². The van der Waals surface area contributed by atoms with Crippen molar-refractivity contribution in [3.63, 3.8) is 0 Å². The molecule has 0 unspecified atom stereocenters. The van der Waals surface area contributed by atoms with Gasteiger partial charge in [-0.15, -0.1) is 0 Å². The molecule has 5 heteroatoms. The number of hydrogen-bond acceptors (Lipinski definition) is 4. The van der Waals surface area contributed by atoms with Crippen LogP contribution in [0.15, 0.2) is 23.0 Å². The average molecular weight is 275 g/mol. The highest BCUT2D eigenvalue weighted by Crippen LogP contribution is 2.22. The van der Waals surface area contributed by atoms with E-state index in [-0.39, 0.29) is 5.56 Å². The lowest BCUT2D eigenvalue weighted by Crippen LogP contribution is -2.32. The summed E-state index contributed by atoms with van der Waals surface area (Å²) in [6.07, 6.45) is 0.746. The maximum Gasteiger partial charge on any atom is 0.258 e. The number of thioether (sulfide) groups is 1. The van der Waals surface area contributed by atoms with E-state index in [1.54, 1.807) is 0 Å². The molecule has 3 rings (SSSR count). The van der Waals surface area contributed by atoms with E-state index in [4.69, 9.17) is 0 Å². The van der Waals surface area contributed by atoms with E-state index < -0.39 is 0 Å². The van der Waals surface area contributed by atoms with Crippen molar-refractivity contribution in [3.8, 4) is 0 Å². The third-order valence-corrected chi connectivity index (χ3v) is 4.39. The summed E-state index contributed by atoms with van der Waals surface area (Å²) in [5, 5.41) is 0.688. The number of hydrogen-bond donors (Lipinski definition) is 1. The van der Waals surface area contributed by atoms with Crippen LogP contribution in [0.1, 0.15) is 12.7 Å². The van der Waals surface area contributed by atoms with Crippen molar-refractivity contribution < 1.29 is 0 Å². The van der Waals surface area contributed by atoms with Gasteiger partial charge in [0, 0.05) is 36.7 Å². The van der Waals surface area contributed by atoms with Gasteiger partial charge >= 0.3 is 0 Å². The number of aryl methyl sites for hydroxylation is 1. The number of benzene rings is 1. The Kier molecular flexibility index (Phi) is 3.46. The zero-order valence-electron chi connectivity index (χ0n) is 11.0. The number of rotatable bonds is 2. The molecule has 2 aromatic rings. The van der Waals surface area contributed by atoms with Crippen molar-refractivity contribution in [2.75, 3.05) is 29.5 Å². The number of fused-ring (bicyclic) bond motifs is 1. The van der Waals surface area contributed by atoms with Gasteiger partial charge in [0.2, 0.25) is 0 Å². The molecule has 1 aromatic carbocycles. The molecule has 100 valence electrons. The Bertz CT molecular complexity index is 647. The van der Waals surface area contributed by atoms with E-state index in [0.717, 1.165) is 48.0 Å². The number of aromatic amines is 1. The fourth-order valence-corrected chi connectivity index (χ4v) is 3.26. The predicted molar refractivity (Wildman–Crippen MR) is 81.3 cm³/mol. The van der Waals surface area contributed by atoms with Crippen LogP contribution in [0.5, 0.6) is 0 Å². The molecule has 0 amide bonds. The summed E-state index contributed by atoms with van der Waals surface area (Å²) in [6.45, 7) is 4.09. The molecule has 0 aliphatic carbocycles. The van der Waals surface area contributed by atoms with E-state index in [1.165, 1.54) is 0 Å². The van der Waals surface area contributed by atoms with Crippen molar-refractivity contribution in [2.45, 2.75) is 13.3 Å². The number of H-pyrrole nitrogens is 1. The molecule has 1 aliphatic rings. The van der Waals surface area contributed by atoms with Gasteiger partial charge in [-0.3, -0.25) is 4.79 Å². The molecule has 19 heavy (non-hydrogen) atoms. The lowest BCUT2D eigenvalue weighted by atomic mass is 10.2. The number of nitrogens with one attached hydrogen (secondary N) is 1. The van der Waals surface area contributed by atoms with Crippen LogP contribution in [-0.2, 0) is 6.42 Å². The molecule has 1 aromatic heterocycles. The summed E-state index contributed by atoms with van der Waals surface area (Å²) in [5.74, 6) is 3.06. The van der Waals surface area contributed by atoms with Crippen molar-refractivity contribution in [1.82, 2.24) is 9.97 Å². The minimum Gasteiger partial charge on any atom is -0.370 e. The quantitative estimate of drug-likeness (QED) is 0.911. The molecular weight excluding hydrogens is 258 g/mol. The average Bonchev–Trinajstić information content (AvgIpc) is 2.47. The summed E-state index contributed by atoms with van der Waals surface area (Å²) >= 11 is 1.98. The van der Waals surface area contributed by atoms with Crippen LogP contribution in [0, 0.1) is 0 Å². The van der Waals surface area contributed by atoms with E-state index >= 15 is 0 Å². The normalized spacial score (nSPS) is 15.9. The summed E-state index contributed by atoms with van der Waals surface area (Å²) < 4.78 is 0. The standard InChI is InChI=1S/C14H17N3OS/c1-2-13-15-12-4-3-10(9-11(12)14(18)16-13)17-5-7-19-8-6-17/h3-4,9H,2,5-8H2,1H3,(H,15,16,18). The Labute approximate surface area is 116 Å². The molecule has 0 spiro atoms. The fourth-order valence-electron chi connectivity index (χ4n) is 2.36. The Morgan fingerprint density at radius 3 is 2.89 bits per heavy atom. The predicted octanol–water partition coefficient (Wildman–Crippen LogP) is 2.04. The van der Waals surface area contributed by atoms with Crippen LogP contribution in [0.3, 0.4) is 0 Å². The molecule has 1 aliphatic heterocycles. The van der Waals surface area contributed by atoms with Gasteiger partial charge in [0.1, 0.15) is 5.82 Å². The van der Waals surface area contributed by atoms with E-state index in [9.17, 15) is 4.79 Å². The molecule has 0 radical (unpaired) electrons. The lowest BCUT2D eigenvalue weighted by molar-refractivity contribution is 0.859. The van der Waals surface area contributed by atoms with Crippen LogP contribution in [0.25, 0.3) is 10.9 Å². The van der Waals surface area contributed by atoms with Crippen molar-refractivity contribution in [2.24, 2.45) is 0 Å². The highest BCUT2D eigenvalue weighted by molar-refractivity contribution is 7.99. The summed E-state index contributed by atoms with van der Waals surface area (Å²) in [7, 11) is 0. The van der Waals surface area contributed by atoms with Crippen LogP contribution < -0.4 is 10.5 Å². The van der Waals surface area contributed by atoms with Gasteiger partial charge < -0.3 is 9.88 Å². The molecule has 0 bridgehead atoms. The highest BCUT2D eigenvalue weighted by atomic mass is 32.2. The first-order valence-corrected chi connectivity index (χ1v) is 7.79. The van der Waals surface area contributed by atoms with E-state index in [2.05, 4.69) is 20.9 Å². The van der Waals surface area contributed by atoms with Crippen LogP contribution in [-0.4, -0.2) is 34.6 Å². The van der Waals surface area contributed by atoms with E-state index in [0.29, 0.717) is 5.39 Å². The third kappa shape index (κ3) is 2.47. The summed E-state index contributed by atoms with van der Waals surface area (Å²) in [6, 6.07) is 6.00. The second-order valence-electron chi connectivity index (χ2n) is 4.67. The van der Waals surface area contributed by atoms with Crippen molar-refractivity contribution >= 4 is 28.4 Å².